The Bertz CT molecular complexity index is 943. The molecule has 4 N–H and O–H groups in total. The van der Waals surface area contributed by atoms with Gasteiger partial charge in [-0.3, -0.25) is 4.90 Å². The van der Waals surface area contributed by atoms with Crippen molar-refractivity contribution in [3.63, 3.8) is 0 Å². The lowest BCUT2D eigenvalue weighted by Crippen LogP contribution is -2.58. The smallest absolute Gasteiger partial charge is 0.232 e. The molecule has 168 valence electrons. The van der Waals surface area contributed by atoms with Crippen LogP contribution in [0.5, 0.6) is 5.88 Å². The molecule has 4 heterocycles. The molecule has 0 spiro atoms. The lowest BCUT2D eigenvalue weighted by atomic mass is 10.00. The third kappa shape index (κ3) is 4.64. The molecule has 2 saturated heterocycles. The molecule has 4 rings (SSSR count). The van der Waals surface area contributed by atoms with Gasteiger partial charge in [0.25, 0.3) is 0 Å². The lowest BCUT2D eigenvalue weighted by molar-refractivity contribution is -0.0814. The van der Waals surface area contributed by atoms with Crippen molar-refractivity contribution < 1.29 is 13.9 Å². The van der Waals surface area contributed by atoms with Crippen molar-refractivity contribution in [3.8, 4) is 5.88 Å². The second-order valence-corrected chi connectivity index (χ2v) is 7.78. The molecule has 0 bridgehead atoms. The molecule has 10 heteroatoms. The first-order valence-electron chi connectivity index (χ1n) is 10.8. The fraction of sp³-hybridized carbons (Fsp3) is 0.571. The molecule has 2 aliphatic rings. The zero-order valence-corrected chi connectivity index (χ0v) is 17.9. The number of nitrogens with one attached hydrogen (secondary N) is 4. The SMILES string of the molecule is CCOc1nc(N/C(C=N)=C(\CC)NC2CCN(C3COC3)CC2F)nc2[nH]ccc12. The average molecular weight is 432 g/mol. The molecule has 2 aliphatic heterocycles. The third-order valence-corrected chi connectivity index (χ3v) is 5.80. The number of likely N-dealkylation sites (tertiary alicyclic amines) is 1. The van der Waals surface area contributed by atoms with Gasteiger partial charge in [-0.25, -0.2) is 4.39 Å². The molecule has 0 amide bonds. The molecule has 0 aromatic carbocycles. The second kappa shape index (κ2) is 9.61. The van der Waals surface area contributed by atoms with Crippen molar-refractivity contribution in [2.75, 3.05) is 38.2 Å². The summed E-state index contributed by atoms with van der Waals surface area (Å²) in [7, 11) is 0. The number of piperidine rings is 1. The summed E-state index contributed by atoms with van der Waals surface area (Å²) in [6.07, 6.45) is 3.32. The van der Waals surface area contributed by atoms with E-state index in [4.69, 9.17) is 14.9 Å². The van der Waals surface area contributed by atoms with Crippen LogP contribution in [0.2, 0.25) is 0 Å². The van der Waals surface area contributed by atoms with E-state index in [1.54, 1.807) is 6.20 Å². The predicted octanol–water partition coefficient (Wildman–Crippen LogP) is 2.44. The minimum atomic E-state index is -0.987. The topological polar surface area (TPSA) is 111 Å². The Kier molecular flexibility index (Phi) is 6.67. The van der Waals surface area contributed by atoms with Crippen LogP contribution in [0, 0.1) is 5.41 Å². The van der Waals surface area contributed by atoms with Gasteiger partial charge in [0.1, 0.15) is 11.8 Å². The summed E-state index contributed by atoms with van der Waals surface area (Å²) in [5.74, 6) is 0.795. The number of fused-ring (bicyclic) bond motifs is 1. The van der Waals surface area contributed by atoms with Gasteiger partial charge in [-0.1, -0.05) is 6.92 Å². The van der Waals surface area contributed by atoms with Crippen LogP contribution in [0.1, 0.15) is 26.7 Å². The van der Waals surface area contributed by atoms with Gasteiger partial charge >= 0.3 is 0 Å². The number of allylic oxidation sites excluding steroid dienone is 2. The first-order valence-corrected chi connectivity index (χ1v) is 10.8. The largest absolute Gasteiger partial charge is 0.477 e. The van der Waals surface area contributed by atoms with E-state index in [1.165, 1.54) is 6.21 Å². The fourth-order valence-corrected chi connectivity index (χ4v) is 3.99. The summed E-state index contributed by atoms with van der Waals surface area (Å²) in [6.45, 7) is 6.98. The lowest BCUT2D eigenvalue weighted by Gasteiger charge is -2.43. The van der Waals surface area contributed by atoms with Crippen molar-refractivity contribution in [1.29, 1.82) is 5.41 Å². The molecule has 0 aliphatic carbocycles. The van der Waals surface area contributed by atoms with Gasteiger partial charge in [0.05, 0.1) is 43.0 Å². The first kappa shape index (κ1) is 21.5. The number of H-pyrrole nitrogens is 1. The van der Waals surface area contributed by atoms with Crippen molar-refractivity contribution in [2.24, 2.45) is 0 Å². The van der Waals surface area contributed by atoms with E-state index in [2.05, 4.69) is 30.5 Å². The highest BCUT2D eigenvalue weighted by atomic mass is 19.1. The number of aromatic nitrogens is 3. The van der Waals surface area contributed by atoms with Crippen LogP contribution < -0.4 is 15.4 Å². The third-order valence-electron chi connectivity index (χ3n) is 5.80. The highest BCUT2D eigenvalue weighted by Gasteiger charge is 2.35. The normalized spacial score (nSPS) is 23.2. The average Bonchev–Trinajstić information content (AvgIpc) is 3.20. The van der Waals surface area contributed by atoms with Crippen LogP contribution in [-0.4, -0.2) is 77.2 Å². The molecule has 0 saturated carbocycles. The van der Waals surface area contributed by atoms with E-state index in [9.17, 15) is 4.39 Å². The molecule has 31 heavy (non-hydrogen) atoms. The zero-order chi connectivity index (χ0) is 21.8. The Morgan fingerprint density at radius 1 is 1.42 bits per heavy atom. The van der Waals surface area contributed by atoms with Crippen molar-refractivity contribution >= 4 is 23.2 Å². The zero-order valence-electron chi connectivity index (χ0n) is 17.9. The van der Waals surface area contributed by atoms with Gasteiger partial charge in [-0.2, -0.15) is 9.97 Å². The van der Waals surface area contributed by atoms with E-state index < -0.39 is 6.17 Å². The summed E-state index contributed by atoms with van der Waals surface area (Å²) in [5.41, 5.74) is 1.92. The molecule has 2 unspecified atom stereocenters. The molecule has 2 fully saturated rings. The molecule has 2 aromatic rings. The summed E-state index contributed by atoms with van der Waals surface area (Å²) in [6, 6.07) is 1.91. The molecule has 0 radical (unpaired) electrons. The van der Waals surface area contributed by atoms with Crippen LogP contribution in [0.25, 0.3) is 11.0 Å². The summed E-state index contributed by atoms with van der Waals surface area (Å²) >= 11 is 0. The number of hydrogen-bond acceptors (Lipinski definition) is 8. The number of aromatic amines is 1. The number of alkyl halides is 1. The Hall–Kier alpha value is -2.72. The number of anilines is 1. The summed E-state index contributed by atoms with van der Waals surface area (Å²) in [4.78, 5) is 14.2. The Labute approximate surface area is 180 Å². The highest BCUT2D eigenvalue weighted by molar-refractivity contribution is 5.84. The van der Waals surface area contributed by atoms with Crippen LogP contribution in [0.4, 0.5) is 10.3 Å². The van der Waals surface area contributed by atoms with Crippen LogP contribution in [0.3, 0.4) is 0 Å². The van der Waals surface area contributed by atoms with Gasteiger partial charge < -0.3 is 30.5 Å². The van der Waals surface area contributed by atoms with Crippen LogP contribution in [-0.2, 0) is 4.74 Å². The Morgan fingerprint density at radius 3 is 2.90 bits per heavy atom. The number of rotatable bonds is 9. The van der Waals surface area contributed by atoms with Crippen LogP contribution in [0.15, 0.2) is 23.7 Å². The van der Waals surface area contributed by atoms with Crippen molar-refractivity contribution in [3.05, 3.63) is 23.7 Å². The monoisotopic (exact) mass is 431 g/mol. The standard InChI is InChI=1S/C21H30FN7O2/c1-3-16(25-17-6-8-29(10-15(17)22)13-11-30-12-13)18(9-23)26-21-27-19-14(5-7-24-19)20(28-21)31-4-2/h5,7,9,13,15,17,23,25H,3-4,6,8,10-12H2,1-2H3,(H2,24,26,27,28)/b18-16+,23-9?. The highest BCUT2D eigenvalue weighted by Crippen LogP contribution is 2.25. The Balaban J connectivity index is 1.50. The second-order valence-electron chi connectivity index (χ2n) is 7.78. The van der Waals surface area contributed by atoms with E-state index in [-0.39, 0.29) is 6.04 Å². The van der Waals surface area contributed by atoms with Gasteiger partial charge in [0, 0.05) is 31.2 Å². The number of halogens is 1. The summed E-state index contributed by atoms with van der Waals surface area (Å²) in [5, 5.41) is 15.1. The van der Waals surface area contributed by atoms with E-state index in [0.717, 1.165) is 17.6 Å². The molecular formula is C21H30FN7O2. The minimum absolute atomic E-state index is 0.297. The fourth-order valence-electron chi connectivity index (χ4n) is 3.99. The quantitative estimate of drug-likeness (QED) is 0.451. The molecule has 9 nitrogen and oxygen atoms in total. The maximum Gasteiger partial charge on any atom is 0.232 e. The van der Waals surface area contributed by atoms with Crippen molar-refractivity contribution in [1.82, 2.24) is 25.2 Å². The predicted molar refractivity (Wildman–Crippen MR) is 117 cm³/mol. The maximum atomic E-state index is 14.9. The van der Waals surface area contributed by atoms with Gasteiger partial charge in [-0.15, -0.1) is 0 Å². The van der Waals surface area contributed by atoms with Gasteiger partial charge in [0.2, 0.25) is 11.8 Å². The van der Waals surface area contributed by atoms with E-state index >= 15 is 0 Å². The van der Waals surface area contributed by atoms with Crippen LogP contribution >= 0.6 is 0 Å². The number of hydrogen-bond donors (Lipinski definition) is 4. The van der Waals surface area contributed by atoms with Crippen molar-refractivity contribution in [2.45, 2.75) is 44.9 Å². The number of ether oxygens (including phenoxy) is 2. The molecule has 2 aromatic heterocycles. The molecule has 2 atom stereocenters. The number of nitrogens with zero attached hydrogens (tertiary/aromatic N) is 3. The molecular weight excluding hydrogens is 401 g/mol. The Morgan fingerprint density at radius 2 is 2.26 bits per heavy atom. The summed E-state index contributed by atoms with van der Waals surface area (Å²) < 4.78 is 25.8. The van der Waals surface area contributed by atoms with E-state index in [0.29, 0.717) is 68.4 Å². The first-order chi connectivity index (χ1) is 15.1. The van der Waals surface area contributed by atoms with Gasteiger partial charge in [-0.05, 0) is 25.8 Å². The maximum absolute atomic E-state index is 14.9. The minimum Gasteiger partial charge on any atom is -0.477 e. The van der Waals surface area contributed by atoms with E-state index in [1.807, 2.05) is 19.9 Å². The van der Waals surface area contributed by atoms with Gasteiger partial charge in [0.15, 0.2) is 0 Å².